The summed E-state index contributed by atoms with van der Waals surface area (Å²) in [5.74, 6) is 1.82. The number of benzene rings is 3. The van der Waals surface area contributed by atoms with Gasteiger partial charge in [0.1, 0.15) is 11.4 Å². The smallest absolute Gasteiger partial charge is 0.344 e. The molecule has 6 heteroatoms. The molecule has 190 valence electrons. The molecule has 1 aromatic heterocycles. The molecule has 1 heterocycles. The Morgan fingerprint density at radius 3 is 2.49 bits per heavy atom. The summed E-state index contributed by atoms with van der Waals surface area (Å²) in [5.41, 5.74) is 5.20. The predicted molar refractivity (Wildman–Crippen MR) is 143 cm³/mol. The van der Waals surface area contributed by atoms with Crippen molar-refractivity contribution in [3.63, 3.8) is 0 Å². The van der Waals surface area contributed by atoms with Crippen molar-refractivity contribution in [2.75, 3.05) is 13.2 Å². The van der Waals surface area contributed by atoms with Crippen LogP contribution >= 0.6 is 0 Å². The summed E-state index contributed by atoms with van der Waals surface area (Å²) in [6, 6.07) is 26.3. The molecule has 1 aliphatic carbocycles. The highest BCUT2D eigenvalue weighted by Gasteiger charge is 2.27. The van der Waals surface area contributed by atoms with Gasteiger partial charge in [-0.1, -0.05) is 72.8 Å². The standard InChI is InChI=1S/C31H32N2O4/c1-3-35-28(34)20-36-27-19-11-16-24-25(27)17-10-18-26(24)32-21(2)31-33-29(22-12-6-4-7-13-22)30(37-31)23-14-8-5-9-15-23/h4-9,11-16,19,21,26,32H,3,10,17-18,20H2,1-2H3. The molecule has 0 bridgehead atoms. The molecule has 0 amide bonds. The average Bonchev–Trinajstić information content (AvgIpc) is 3.39. The van der Waals surface area contributed by atoms with E-state index in [1.54, 1.807) is 6.92 Å². The largest absolute Gasteiger partial charge is 0.482 e. The zero-order chi connectivity index (χ0) is 25.6. The maximum Gasteiger partial charge on any atom is 0.344 e. The van der Waals surface area contributed by atoms with E-state index in [9.17, 15) is 4.79 Å². The van der Waals surface area contributed by atoms with Crippen LogP contribution in [0.3, 0.4) is 0 Å². The second-order valence-electron chi connectivity index (χ2n) is 9.21. The molecular weight excluding hydrogens is 464 g/mol. The van der Waals surface area contributed by atoms with Crippen molar-refractivity contribution in [1.29, 1.82) is 0 Å². The van der Waals surface area contributed by atoms with Crippen molar-refractivity contribution >= 4 is 5.97 Å². The van der Waals surface area contributed by atoms with Crippen molar-refractivity contribution in [1.82, 2.24) is 10.3 Å². The van der Waals surface area contributed by atoms with E-state index in [2.05, 4.69) is 30.4 Å². The summed E-state index contributed by atoms with van der Waals surface area (Å²) >= 11 is 0. The summed E-state index contributed by atoms with van der Waals surface area (Å²) in [5, 5.41) is 3.74. The molecule has 1 N–H and O–H groups in total. The molecule has 1 aliphatic rings. The highest BCUT2D eigenvalue weighted by atomic mass is 16.6. The van der Waals surface area contributed by atoms with Crippen molar-refractivity contribution in [2.24, 2.45) is 0 Å². The van der Waals surface area contributed by atoms with E-state index in [0.29, 0.717) is 12.5 Å². The lowest BCUT2D eigenvalue weighted by Crippen LogP contribution is -2.28. The number of nitrogens with one attached hydrogen (secondary N) is 1. The number of hydrogen-bond donors (Lipinski definition) is 1. The summed E-state index contributed by atoms with van der Waals surface area (Å²) in [4.78, 5) is 16.8. The SMILES string of the molecule is CCOC(=O)COc1cccc2c1CCCC2NC(C)c1nc(-c2ccccc2)c(-c2ccccc2)o1. The number of nitrogens with zero attached hydrogens (tertiary/aromatic N) is 1. The predicted octanol–water partition coefficient (Wildman–Crippen LogP) is 6.68. The molecule has 0 radical (unpaired) electrons. The minimum Gasteiger partial charge on any atom is -0.482 e. The van der Waals surface area contributed by atoms with Gasteiger partial charge < -0.3 is 13.9 Å². The lowest BCUT2D eigenvalue weighted by Gasteiger charge is -2.29. The van der Waals surface area contributed by atoms with E-state index in [-0.39, 0.29) is 24.7 Å². The Bertz CT molecular complexity index is 1280. The number of carbonyl (C=O) groups excluding carboxylic acids is 1. The Morgan fingerprint density at radius 2 is 1.76 bits per heavy atom. The first-order chi connectivity index (χ1) is 18.1. The van der Waals surface area contributed by atoms with Gasteiger partial charge in [0, 0.05) is 17.2 Å². The Labute approximate surface area is 217 Å². The minimum absolute atomic E-state index is 0.0837. The third-order valence-electron chi connectivity index (χ3n) is 6.66. The van der Waals surface area contributed by atoms with Gasteiger partial charge in [-0.05, 0) is 50.3 Å². The zero-order valence-electron chi connectivity index (χ0n) is 21.3. The zero-order valence-corrected chi connectivity index (χ0v) is 21.3. The number of ether oxygens (including phenoxy) is 2. The van der Waals surface area contributed by atoms with Crippen LogP contribution in [-0.4, -0.2) is 24.2 Å². The molecule has 0 saturated carbocycles. The topological polar surface area (TPSA) is 73.6 Å². The normalized spacial score (nSPS) is 15.6. The summed E-state index contributed by atoms with van der Waals surface area (Å²) in [6.07, 6.45) is 2.93. The van der Waals surface area contributed by atoms with Gasteiger partial charge in [-0.15, -0.1) is 0 Å². The first kappa shape index (κ1) is 24.8. The lowest BCUT2D eigenvalue weighted by atomic mass is 9.86. The number of esters is 1. The van der Waals surface area contributed by atoms with Crippen LogP contribution in [0.2, 0.25) is 0 Å². The van der Waals surface area contributed by atoms with Crippen LogP contribution in [0, 0.1) is 0 Å². The molecule has 0 aliphatic heterocycles. The van der Waals surface area contributed by atoms with E-state index in [1.165, 1.54) is 5.56 Å². The maximum absolute atomic E-state index is 11.8. The van der Waals surface area contributed by atoms with Gasteiger partial charge >= 0.3 is 5.97 Å². The maximum atomic E-state index is 11.8. The Balaban J connectivity index is 1.39. The first-order valence-electron chi connectivity index (χ1n) is 12.9. The van der Waals surface area contributed by atoms with E-state index in [4.69, 9.17) is 18.9 Å². The van der Waals surface area contributed by atoms with E-state index < -0.39 is 0 Å². The van der Waals surface area contributed by atoms with Crippen molar-refractivity contribution in [2.45, 2.75) is 45.2 Å². The van der Waals surface area contributed by atoms with Crippen molar-refractivity contribution < 1.29 is 18.7 Å². The van der Waals surface area contributed by atoms with Crippen LogP contribution in [0.15, 0.2) is 83.3 Å². The molecule has 3 aromatic carbocycles. The van der Waals surface area contributed by atoms with Gasteiger partial charge in [-0.25, -0.2) is 9.78 Å². The Kier molecular flexibility index (Phi) is 7.66. The van der Waals surface area contributed by atoms with Crippen molar-refractivity contribution in [3.05, 3.63) is 95.9 Å². The van der Waals surface area contributed by atoms with Crippen LogP contribution in [0.4, 0.5) is 0 Å². The minimum atomic E-state index is -0.355. The molecule has 4 aromatic rings. The lowest BCUT2D eigenvalue weighted by molar-refractivity contribution is -0.145. The third kappa shape index (κ3) is 5.59. The fraction of sp³-hybridized carbons (Fsp3) is 0.290. The summed E-state index contributed by atoms with van der Waals surface area (Å²) in [6.45, 7) is 4.14. The monoisotopic (exact) mass is 496 g/mol. The van der Waals surface area contributed by atoms with Crippen LogP contribution in [0.1, 0.15) is 55.8 Å². The second-order valence-corrected chi connectivity index (χ2v) is 9.21. The van der Waals surface area contributed by atoms with Gasteiger partial charge in [0.2, 0.25) is 5.89 Å². The van der Waals surface area contributed by atoms with Gasteiger partial charge in [0.05, 0.1) is 12.6 Å². The van der Waals surface area contributed by atoms with Crippen LogP contribution in [0.25, 0.3) is 22.6 Å². The molecule has 5 rings (SSSR count). The van der Waals surface area contributed by atoms with Gasteiger partial charge in [0.15, 0.2) is 12.4 Å². The average molecular weight is 497 g/mol. The molecule has 2 atom stereocenters. The molecule has 0 saturated heterocycles. The third-order valence-corrected chi connectivity index (χ3v) is 6.66. The Morgan fingerprint density at radius 1 is 1.03 bits per heavy atom. The number of oxazole rings is 1. The van der Waals surface area contributed by atoms with Crippen molar-refractivity contribution in [3.8, 4) is 28.3 Å². The van der Waals surface area contributed by atoms with Crippen LogP contribution in [0.5, 0.6) is 5.75 Å². The van der Waals surface area contributed by atoms with Gasteiger partial charge in [-0.3, -0.25) is 5.32 Å². The van der Waals surface area contributed by atoms with Gasteiger partial charge in [0.25, 0.3) is 0 Å². The highest BCUT2D eigenvalue weighted by molar-refractivity contribution is 5.76. The van der Waals surface area contributed by atoms with Gasteiger partial charge in [-0.2, -0.15) is 0 Å². The molecule has 6 nitrogen and oxygen atoms in total. The fourth-order valence-electron chi connectivity index (χ4n) is 4.93. The number of hydrogen-bond acceptors (Lipinski definition) is 6. The molecular formula is C31H32N2O4. The Hall–Kier alpha value is -3.90. The van der Waals surface area contributed by atoms with E-state index in [0.717, 1.165) is 53.2 Å². The fourth-order valence-corrected chi connectivity index (χ4v) is 4.93. The number of aromatic nitrogens is 1. The van der Waals surface area contributed by atoms with Crippen LogP contribution < -0.4 is 10.1 Å². The van der Waals surface area contributed by atoms with E-state index >= 15 is 0 Å². The summed E-state index contributed by atoms with van der Waals surface area (Å²) < 4.78 is 17.3. The first-order valence-corrected chi connectivity index (χ1v) is 12.9. The number of rotatable bonds is 9. The quantitative estimate of drug-likeness (QED) is 0.261. The number of carbonyl (C=O) groups is 1. The number of fused-ring (bicyclic) bond motifs is 1. The highest BCUT2D eigenvalue weighted by Crippen LogP contribution is 2.38. The van der Waals surface area contributed by atoms with Crippen LogP contribution in [-0.2, 0) is 16.0 Å². The summed E-state index contributed by atoms with van der Waals surface area (Å²) in [7, 11) is 0. The second kappa shape index (κ2) is 11.4. The molecule has 37 heavy (non-hydrogen) atoms. The molecule has 0 spiro atoms. The molecule has 2 unspecified atom stereocenters. The van der Waals surface area contributed by atoms with E-state index in [1.807, 2.05) is 60.7 Å². The molecule has 0 fully saturated rings.